The highest BCUT2D eigenvalue weighted by molar-refractivity contribution is 6.19. The Hall–Kier alpha value is -2.12. The van der Waals surface area contributed by atoms with Crippen LogP contribution in [0, 0.1) is 11.8 Å². The van der Waals surface area contributed by atoms with E-state index in [-0.39, 0.29) is 23.3 Å². The number of aliphatic hydroxyl groups is 2. The summed E-state index contributed by atoms with van der Waals surface area (Å²) in [4.78, 5) is 25.1. The smallest absolute Gasteiger partial charge is 0.173 e. The third-order valence-corrected chi connectivity index (χ3v) is 3.91. The van der Waals surface area contributed by atoms with Gasteiger partial charge in [0.2, 0.25) is 0 Å². The molecule has 120 valence electrons. The second kappa shape index (κ2) is 5.94. The third-order valence-electron chi connectivity index (χ3n) is 3.91. The number of methoxy groups -OCH3 is 1. The van der Waals surface area contributed by atoms with Crippen LogP contribution in [-0.4, -0.2) is 51.8 Å². The van der Waals surface area contributed by atoms with Gasteiger partial charge in [-0.1, -0.05) is 0 Å². The monoisotopic (exact) mass is 310 g/mol. The largest absolute Gasteiger partial charge is 0.507 e. The number of phenolic OH excluding ortho intramolecular Hbond substituents is 2. The molecule has 1 aliphatic carbocycles. The van der Waals surface area contributed by atoms with Crippen molar-refractivity contribution in [3.63, 3.8) is 0 Å². The molecule has 0 heterocycles. The van der Waals surface area contributed by atoms with Gasteiger partial charge in [0.25, 0.3) is 0 Å². The van der Waals surface area contributed by atoms with Crippen LogP contribution in [0.4, 0.5) is 0 Å². The van der Waals surface area contributed by atoms with E-state index in [0.717, 1.165) is 6.07 Å². The molecule has 1 aromatic rings. The highest BCUT2D eigenvalue weighted by Gasteiger charge is 2.45. The van der Waals surface area contributed by atoms with E-state index in [0.29, 0.717) is 0 Å². The summed E-state index contributed by atoms with van der Waals surface area (Å²) in [6, 6.07) is 1.04. The van der Waals surface area contributed by atoms with Crippen molar-refractivity contribution in [2.45, 2.75) is 19.4 Å². The maximum atomic E-state index is 12.6. The summed E-state index contributed by atoms with van der Waals surface area (Å²) in [5.74, 6) is -4.43. The van der Waals surface area contributed by atoms with Gasteiger partial charge in [-0.05, 0) is 13.3 Å². The van der Waals surface area contributed by atoms with Crippen LogP contribution in [0.3, 0.4) is 0 Å². The van der Waals surface area contributed by atoms with Crippen LogP contribution in [0.15, 0.2) is 6.07 Å². The van der Waals surface area contributed by atoms with Crippen LogP contribution in [0.25, 0.3) is 0 Å². The Balaban J connectivity index is 2.67. The predicted octanol–water partition coefficient (Wildman–Crippen LogP) is 0.481. The molecule has 0 aromatic heterocycles. The zero-order chi connectivity index (χ0) is 16.6. The number of benzene rings is 1. The number of phenols is 2. The van der Waals surface area contributed by atoms with Crippen molar-refractivity contribution in [3.8, 4) is 17.2 Å². The van der Waals surface area contributed by atoms with Crippen LogP contribution in [0.2, 0.25) is 0 Å². The first kappa shape index (κ1) is 16.3. The van der Waals surface area contributed by atoms with Crippen molar-refractivity contribution >= 4 is 11.6 Å². The second-order valence-corrected chi connectivity index (χ2v) is 5.41. The minimum atomic E-state index is -1.06. The minimum absolute atomic E-state index is 0.0351. The molecular formula is C15H18O7. The number of ketones is 2. The number of hydrogen-bond acceptors (Lipinski definition) is 7. The van der Waals surface area contributed by atoms with E-state index in [1.807, 2.05) is 0 Å². The van der Waals surface area contributed by atoms with Gasteiger partial charge in [-0.25, -0.2) is 0 Å². The number of Topliss-reactive ketones (excluding diaryl/α,β-unsaturated/α-hetero) is 2. The molecule has 3 unspecified atom stereocenters. The van der Waals surface area contributed by atoms with Crippen molar-refractivity contribution in [1.82, 2.24) is 0 Å². The van der Waals surface area contributed by atoms with Gasteiger partial charge in [-0.3, -0.25) is 9.59 Å². The maximum Gasteiger partial charge on any atom is 0.173 e. The highest BCUT2D eigenvalue weighted by atomic mass is 16.5. The molecule has 7 heteroatoms. The molecule has 2 rings (SSSR count). The van der Waals surface area contributed by atoms with E-state index < -0.39 is 47.6 Å². The number of hydrogen-bond donors (Lipinski definition) is 4. The van der Waals surface area contributed by atoms with Crippen molar-refractivity contribution in [3.05, 3.63) is 17.2 Å². The molecule has 3 atom stereocenters. The van der Waals surface area contributed by atoms with Gasteiger partial charge in [0.15, 0.2) is 23.1 Å². The molecule has 22 heavy (non-hydrogen) atoms. The van der Waals surface area contributed by atoms with E-state index in [1.54, 1.807) is 0 Å². The zero-order valence-corrected chi connectivity index (χ0v) is 12.2. The molecule has 0 radical (unpaired) electrons. The van der Waals surface area contributed by atoms with Crippen LogP contribution in [-0.2, 0) is 0 Å². The first-order valence-electron chi connectivity index (χ1n) is 6.83. The van der Waals surface area contributed by atoms with Crippen LogP contribution < -0.4 is 4.74 Å². The summed E-state index contributed by atoms with van der Waals surface area (Å²) in [6.07, 6.45) is -0.897. The Kier molecular flexibility index (Phi) is 4.39. The summed E-state index contributed by atoms with van der Waals surface area (Å²) >= 11 is 0. The molecule has 7 nitrogen and oxygen atoms in total. The Bertz CT molecular complexity index is 621. The van der Waals surface area contributed by atoms with Gasteiger partial charge >= 0.3 is 0 Å². The maximum absolute atomic E-state index is 12.6. The Morgan fingerprint density at radius 3 is 2.27 bits per heavy atom. The normalized spacial score (nSPS) is 22.4. The molecule has 1 aliphatic rings. The van der Waals surface area contributed by atoms with Gasteiger partial charge in [0.05, 0.1) is 36.9 Å². The number of carbonyl (C=O) groups is 2. The van der Waals surface area contributed by atoms with Crippen molar-refractivity contribution in [2.24, 2.45) is 11.8 Å². The molecule has 0 spiro atoms. The topological polar surface area (TPSA) is 124 Å². The molecule has 1 aromatic carbocycles. The molecular weight excluding hydrogens is 292 g/mol. The van der Waals surface area contributed by atoms with E-state index in [2.05, 4.69) is 0 Å². The van der Waals surface area contributed by atoms with Crippen molar-refractivity contribution in [2.75, 3.05) is 13.7 Å². The fourth-order valence-electron chi connectivity index (χ4n) is 2.86. The van der Waals surface area contributed by atoms with Crippen molar-refractivity contribution < 1.29 is 34.8 Å². The number of aromatic hydroxyl groups is 2. The average molecular weight is 310 g/mol. The van der Waals surface area contributed by atoms with E-state index in [4.69, 9.17) is 4.74 Å². The second-order valence-electron chi connectivity index (χ2n) is 5.41. The summed E-state index contributed by atoms with van der Waals surface area (Å²) in [5, 5.41) is 39.0. The third kappa shape index (κ3) is 2.42. The fraction of sp³-hybridized carbons (Fsp3) is 0.467. The average Bonchev–Trinajstić information content (AvgIpc) is 2.46. The van der Waals surface area contributed by atoms with Gasteiger partial charge < -0.3 is 25.2 Å². The SMILES string of the molecule is COc1cc(O)c2c(c1O)C(=O)C(CC(C)O)C(CO)C2=O. The van der Waals surface area contributed by atoms with Gasteiger partial charge in [-0.15, -0.1) is 0 Å². The summed E-state index contributed by atoms with van der Waals surface area (Å²) in [7, 11) is 1.25. The zero-order valence-electron chi connectivity index (χ0n) is 12.2. The van der Waals surface area contributed by atoms with Crippen LogP contribution in [0.5, 0.6) is 17.2 Å². The van der Waals surface area contributed by atoms with Crippen LogP contribution in [0.1, 0.15) is 34.1 Å². The molecule has 0 amide bonds. The van der Waals surface area contributed by atoms with Gasteiger partial charge in [0.1, 0.15) is 5.75 Å². The standard InChI is InChI=1S/C15H18O7/c1-6(17)3-7-8(5-16)14(20)11-9(18)4-10(22-2)15(21)12(11)13(7)19/h4,6-8,16-18,21H,3,5H2,1-2H3. The summed E-state index contributed by atoms with van der Waals surface area (Å²) < 4.78 is 4.87. The predicted molar refractivity (Wildman–Crippen MR) is 75.3 cm³/mol. The Morgan fingerprint density at radius 2 is 1.77 bits per heavy atom. The molecule has 0 aliphatic heterocycles. The molecule has 0 saturated carbocycles. The lowest BCUT2D eigenvalue weighted by atomic mass is 9.71. The minimum Gasteiger partial charge on any atom is -0.507 e. The van der Waals surface area contributed by atoms with Crippen molar-refractivity contribution in [1.29, 1.82) is 0 Å². The summed E-state index contributed by atoms with van der Waals surface area (Å²) in [5.41, 5.74) is -0.638. The highest BCUT2D eigenvalue weighted by Crippen LogP contribution is 2.45. The molecule has 0 saturated heterocycles. The molecule has 0 fully saturated rings. The first-order chi connectivity index (χ1) is 10.3. The lowest BCUT2D eigenvalue weighted by Gasteiger charge is -2.31. The van der Waals surface area contributed by atoms with Gasteiger partial charge in [0, 0.05) is 12.0 Å². The van der Waals surface area contributed by atoms with E-state index in [1.165, 1.54) is 14.0 Å². The van der Waals surface area contributed by atoms with E-state index >= 15 is 0 Å². The summed E-state index contributed by atoms with van der Waals surface area (Å²) in [6.45, 7) is 0.873. The molecule has 4 N–H and O–H groups in total. The lowest BCUT2D eigenvalue weighted by Crippen LogP contribution is -2.40. The number of aliphatic hydroxyl groups excluding tert-OH is 2. The number of rotatable bonds is 4. The van der Waals surface area contributed by atoms with Crippen LogP contribution >= 0.6 is 0 Å². The van der Waals surface area contributed by atoms with E-state index in [9.17, 15) is 30.0 Å². The first-order valence-corrected chi connectivity index (χ1v) is 6.83. The Labute approximate surface area is 126 Å². The molecule has 0 bridgehead atoms. The number of fused-ring (bicyclic) bond motifs is 1. The quantitative estimate of drug-likeness (QED) is 0.596. The lowest BCUT2D eigenvalue weighted by molar-refractivity contribution is 0.0557. The van der Waals surface area contributed by atoms with Gasteiger partial charge in [-0.2, -0.15) is 0 Å². The Morgan fingerprint density at radius 1 is 1.18 bits per heavy atom. The number of ether oxygens (including phenoxy) is 1. The fourth-order valence-corrected chi connectivity index (χ4v) is 2.86. The number of carbonyl (C=O) groups excluding carboxylic acids is 2.